The summed E-state index contributed by atoms with van der Waals surface area (Å²) in [7, 11) is 0. The largest absolute Gasteiger partial charge is 0.370 e. The number of nitrogens with one attached hydrogen (secondary N) is 2. The zero-order chi connectivity index (χ0) is 15.1. The number of aromatic nitrogens is 1. The molecule has 1 rings (SSSR count). The molecule has 0 aliphatic rings. The number of rotatable bonds is 7. The smallest absolute Gasteiger partial charge is 0.288 e. The average molecular weight is 281 g/mol. The Hall–Kier alpha value is -2.71. The Morgan fingerprint density at radius 3 is 2.75 bits per heavy atom. The molecule has 0 aliphatic carbocycles. The summed E-state index contributed by atoms with van der Waals surface area (Å²) in [5, 5.41) is 16.0. The monoisotopic (exact) mass is 281 g/mol. The molecule has 0 spiro atoms. The molecule has 1 heterocycles. The maximum absolute atomic E-state index is 11.9. The van der Waals surface area contributed by atoms with Crippen LogP contribution in [0.2, 0.25) is 0 Å². The second-order valence-electron chi connectivity index (χ2n) is 3.85. The molecule has 0 saturated heterocycles. The van der Waals surface area contributed by atoms with Gasteiger partial charge >= 0.3 is 0 Å². The van der Waals surface area contributed by atoms with Crippen molar-refractivity contribution in [2.24, 2.45) is 5.73 Å². The Labute approximate surface area is 114 Å². The van der Waals surface area contributed by atoms with Crippen LogP contribution in [0.15, 0.2) is 12.3 Å². The molecule has 4 N–H and O–H groups in total. The van der Waals surface area contributed by atoms with Crippen LogP contribution in [0.3, 0.4) is 0 Å². The van der Waals surface area contributed by atoms with Crippen molar-refractivity contribution < 1.29 is 14.5 Å². The van der Waals surface area contributed by atoms with Gasteiger partial charge in [-0.25, -0.2) is 4.98 Å². The number of nitrogens with two attached hydrogens (primary N) is 1. The lowest BCUT2D eigenvalue weighted by Crippen LogP contribution is -2.28. The fourth-order valence-electron chi connectivity index (χ4n) is 1.43. The molecule has 9 heteroatoms. The van der Waals surface area contributed by atoms with Gasteiger partial charge in [0.05, 0.1) is 10.5 Å². The van der Waals surface area contributed by atoms with E-state index in [1.54, 1.807) is 6.92 Å². The van der Waals surface area contributed by atoms with Crippen LogP contribution in [0.5, 0.6) is 0 Å². The van der Waals surface area contributed by atoms with E-state index < -0.39 is 16.7 Å². The van der Waals surface area contributed by atoms with Gasteiger partial charge in [0.25, 0.3) is 11.6 Å². The second-order valence-corrected chi connectivity index (χ2v) is 3.85. The summed E-state index contributed by atoms with van der Waals surface area (Å²) < 4.78 is 0. The Bertz CT molecular complexity index is 532. The van der Waals surface area contributed by atoms with E-state index >= 15 is 0 Å². The molecule has 0 bridgehead atoms. The summed E-state index contributed by atoms with van der Waals surface area (Å²) in [6.45, 7) is 2.37. The Kier molecular flexibility index (Phi) is 5.39. The van der Waals surface area contributed by atoms with Gasteiger partial charge in [-0.15, -0.1) is 0 Å². The third-order valence-electron chi connectivity index (χ3n) is 2.33. The molecule has 1 aromatic heterocycles. The van der Waals surface area contributed by atoms with Crippen LogP contribution in [0, 0.1) is 10.1 Å². The minimum atomic E-state index is -0.636. The quantitative estimate of drug-likeness (QED) is 0.475. The van der Waals surface area contributed by atoms with Crippen LogP contribution >= 0.6 is 0 Å². The highest BCUT2D eigenvalue weighted by molar-refractivity contribution is 5.99. The topological polar surface area (TPSA) is 140 Å². The zero-order valence-electron chi connectivity index (χ0n) is 10.9. The summed E-state index contributed by atoms with van der Waals surface area (Å²) in [4.78, 5) is 36.4. The normalized spacial score (nSPS) is 9.85. The van der Waals surface area contributed by atoms with Crippen LogP contribution in [-0.2, 0) is 4.79 Å². The molecule has 20 heavy (non-hydrogen) atoms. The van der Waals surface area contributed by atoms with Crippen LogP contribution in [0.4, 0.5) is 11.5 Å². The predicted molar refractivity (Wildman–Crippen MR) is 71.2 cm³/mol. The molecule has 0 unspecified atom stereocenters. The summed E-state index contributed by atoms with van der Waals surface area (Å²) in [5.74, 6) is -0.859. The minimum Gasteiger partial charge on any atom is -0.370 e. The third-order valence-corrected chi connectivity index (χ3v) is 2.33. The summed E-state index contributed by atoms with van der Waals surface area (Å²) in [6.07, 6.45) is 1.06. The lowest BCUT2D eigenvalue weighted by molar-refractivity contribution is -0.385. The number of nitro groups is 1. The third kappa shape index (κ3) is 4.19. The predicted octanol–water partition coefficient (Wildman–Crippen LogP) is 0.0268. The first-order chi connectivity index (χ1) is 9.45. The highest BCUT2D eigenvalue weighted by atomic mass is 16.6. The van der Waals surface area contributed by atoms with Gasteiger partial charge in [0, 0.05) is 25.6 Å². The summed E-state index contributed by atoms with van der Waals surface area (Å²) in [5.41, 5.74) is 4.72. The molecule has 0 aromatic carbocycles. The van der Waals surface area contributed by atoms with E-state index in [2.05, 4.69) is 15.6 Å². The van der Waals surface area contributed by atoms with E-state index in [4.69, 9.17) is 5.73 Å². The van der Waals surface area contributed by atoms with E-state index in [1.165, 1.54) is 0 Å². The second kappa shape index (κ2) is 7.02. The van der Waals surface area contributed by atoms with Crippen LogP contribution in [0.1, 0.15) is 23.7 Å². The van der Waals surface area contributed by atoms with Crippen molar-refractivity contribution in [2.45, 2.75) is 13.3 Å². The molecule has 2 amide bonds. The van der Waals surface area contributed by atoms with Crippen molar-refractivity contribution in [1.29, 1.82) is 0 Å². The van der Waals surface area contributed by atoms with E-state index in [0.717, 1.165) is 12.3 Å². The van der Waals surface area contributed by atoms with Gasteiger partial charge in [0.15, 0.2) is 0 Å². The average Bonchev–Trinajstić information content (AvgIpc) is 2.38. The van der Waals surface area contributed by atoms with Gasteiger partial charge in [-0.05, 0) is 6.92 Å². The maximum atomic E-state index is 11.9. The fourth-order valence-corrected chi connectivity index (χ4v) is 1.43. The van der Waals surface area contributed by atoms with Crippen LogP contribution in [0.25, 0.3) is 0 Å². The van der Waals surface area contributed by atoms with Crippen molar-refractivity contribution in [3.63, 3.8) is 0 Å². The molecule has 9 nitrogen and oxygen atoms in total. The molecule has 0 fully saturated rings. The van der Waals surface area contributed by atoms with Crippen molar-refractivity contribution in [2.75, 3.05) is 18.4 Å². The first kappa shape index (κ1) is 15.3. The molecule has 1 aromatic rings. The Morgan fingerprint density at radius 1 is 1.50 bits per heavy atom. The van der Waals surface area contributed by atoms with E-state index in [9.17, 15) is 19.7 Å². The molecular weight excluding hydrogens is 266 g/mol. The number of carbonyl (C=O) groups excluding carboxylic acids is 2. The van der Waals surface area contributed by atoms with Crippen molar-refractivity contribution in [3.05, 3.63) is 27.9 Å². The number of hydrogen-bond donors (Lipinski definition) is 3. The number of carbonyl (C=O) groups is 2. The molecule has 0 saturated carbocycles. The van der Waals surface area contributed by atoms with Crippen LogP contribution in [-0.4, -0.2) is 34.8 Å². The van der Waals surface area contributed by atoms with Gasteiger partial charge in [-0.2, -0.15) is 0 Å². The van der Waals surface area contributed by atoms with Gasteiger partial charge in [-0.3, -0.25) is 19.7 Å². The van der Waals surface area contributed by atoms with E-state index in [1.807, 2.05) is 0 Å². The van der Waals surface area contributed by atoms with Gasteiger partial charge in [0.2, 0.25) is 5.91 Å². The van der Waals surface area contributed by atoms with Gasteiger partial charge < -0.3 is 16.4 Å². The summed E-state index contributed by atoms with van der Waals surface area (Å²) >= 11 is 0. The SMILES string of the molecule is CCNc1ncc([N+](=O)[O-])cc1C(=O)NCCC(N)=O. The number of hydrogen-bond acceptors (Lipinski definition) is 6. The first-order valence-electron chi connectivity index (χ1n) is 5.90. The Morgan fingerprint density at radius 2 is 2.20 bits per heavy atom. The van der Waals surface area contributed by atoms with E-state index in [-0.39, 0.29) is 30.0 Å². The highest BCUT2D eigenvalue weighted by Gasteiger charge is 2.17. The lowest BCUT2D eigenvalue weighted by atomic mass is 10.2. The number of amides is 2. The molecule has 0 radical (unpaired) electrons. The lowest BCUT2D eigenvalue weighted by Gasteiger charge is -2.09. The number of anilines is 1. The first-order valence-corrected chi connectivity index (χ1v) is 5.90. The van der Waals surface area contributed by atoms with Gasteiger partial charge in [-0.1, -0.05) is 0 Å². The van der Waals surface area contributed by atoms with Crippen molar-refractivity contribution in [3.8, 4) is 0 Å². The summed E-state index contributed by atoms with van der Waals surface area (Å²) in [6, 6.07) is 1.13. The highest BCUT2D eigenvalue weighted by Crippen LogP contribution is 2.18. The van der Waals surface area contributed by atoms with Crippen molar-refractivity contribution in [1.82, 2.24) is 10.3 Å². The maximum Gasteiger partial charge on any atom is 0.288 e. The fraction of sp³-hybridized carbons (Fsp3) is 0.364. The minimum absolute atomic E-state index is 0.00929. The number of pyridine rings is 1. The van der Waals surface area contributed by atoms with Crippen LogP contribution < -0.4 is 16.4 Å². The van der Waals surface area contributed by atoms with E-state index in [0.29, 0.717) is 6.54 Å². The number of primary amides is 1. The molecule has 0 atom stereocenters. The molecule has 108 valence electrons. The standard InChI is InChI=1S/C11H15N5O4/c1-2-13-10-8(5-7(6-15-10)16(19)20)11(18)14-4-3-9(12)17/h5-6H,2-4H2,1H3,(H2,12,17)(H,13,15)(H,14,18). The zero-order valence-corrected chi connectivity index (χ0v) is 10.9. The van der Waals surface area contributed by atoms with Crippen molar-refractivity contribution >= 4 is 23.3 Å². The Balaban J connectivity index is 2.93. The molecular formula is C11H15N5O4. The molecule has 0 aliphatic heterocycles. The van der Waals surface area contributed by atoms with Gasteiger partial charge in [0.1, 0.15) is 12.0 Å². The number of nitrogens with zero attached hydrogens (tertiary/aromatic N) is 2.